The van der Waals surface area contributed by atoms with Crippen molar-refractivity contribution in [2.24, 2.45) is 0 Å². The maximum absolute atomic E-state index is 13.3. The smallest absolute Gasteiger partial charge is 0.294 e. The number of aryl methyl sites for hydroxylation is 2. The highest BCUT2D eigenvalue weighted by molar-refractivity contribution is 8.18. The van der Waals surface area contributed by atoms with E-state index in [1.54, 1.807) is 6.07 Å². The average molecular weight is 384 g/mol. The van der Waals surface area contributed by atoms with Gasteiger partial charge in [-0.2, -0.15) is 0 Å². The summed E-state index contributed by atoms with van der Waals surface area (Å²) in [6, 6.07) is 11.3. The molecular weight excluding hydrogens is 367 g/mol. The van der Waals surface area contributed by atoms with Crippen molar-refractivity contribution < 1.29 is 18.8 Å². The maximum atomic E-state index is 13.3. The van der Waals surface area contributed by atoms with Gasteiger partial charge in [-0.25, -0.2) is 4.39 Å². The molecule has 2 aromatic rings. The number of rotatable bonds is 4. The van der Waals surface area contributed by atoms with E-state index < -0.39 is 22.9 Å². The van der Waals surface area contributed by atoms with Gasteiger partial charge < -0.3 is 5.32 Å². The monoisotopic (exact) mass is 384 g/mol. The van der Waals surface area contributed by atoms with Crippen LogP contribution in [0.1, 0.15) is 16.7 Å². The zero-order chi connectivity index (χ0) is 19.6. The molecule has 5 nitrogen and oxygen atoms in total. The van der Waals surface area contributed by atoms with Crippen LogP contribution in [-0.2, 0) is 9.59 Å². The Kier molecular flexibility index (Phi) is 5.41. The first-order valence-corrected chi connectivity index (χ1v) is 9.02. The van der Waals surface area contributed by atoms with Gasteiger partial charge in [0.1, 0.15) is 12.4 Å². The topological polar surface area (TPSA) is 66.5 Å². The number of nitrogens with one attached hydrogen (secondary N) is 1. The van der Waals surface area contributed by atoms with Crippen LogP contribution in [0.4, 0.5) is 14.9 Å². The van der Waals surface area contributed by atoms with E-state index in [-0.39, 0.29) is 11.4 Å². The van der Waals surface area contributed by atoms with Crippen molar-refractivity contribution in [1.29, 1.82) is 0 Å². The average Bonchev–Trinajstić information content (AvgIpc) is 2.81. The van der Waals surface area contributed by atoms with Crippen molar-refractivity contribution in [2.75, 3.05) is 11.9 Å². The van der Waals surface area contributed by atoms with Crippen molar-refractivity contribution >= 4 is 40.6 Å². The van der Waals surface area contributed by atoms with Gasteiger partial charge in [-0.05, 0) is 72.6 Å². The summed E-state index contributed by atoms with van der Waals surface area (Å²) in [5, 5.41) is 2.17. The number of halogens is 1. The number of hydrogen-bond acceptors (Lipinski definition) is 4. The minimum absolute atomic E-state index is 0.157. The van der Waals surface area contributed by atoms with Gasteiger partial charge in [0, 0.05) is 5.69 Å². The number of benzene rings is 2. The second kappa shape index (κ2) is 7.75. The molecule has 1 aliphatic heterocycles. The third kappa shape index (κ3) is 4.62. The largest absolute Gasteiger partial charge is 0.325 e. The molecule has 1 heterocycles. The number of imide groups is 1. The molecule has 1 saturated heterocycles. The zero-order valence-corrected chi connectivity index (χ0v) is 15.6. The van der Waals surface area contributed by atoms with Gasteiger partial charge in [0.05, 0.1) is 4.91 Å². The van der Waals surface area contributed by atoms with E-state index in [1.807, 2.05) is 32.0 Å². The highest BCUT2D eigenvalue weighted by Gasteiger charge is 2.36. The predicted octanol–water partition coefficient (Wildman–Crippen LogP) is 4.12. The molecular formula is C20H17FN2O3S. The van der Waals surface area contributed by atoms with Crippen LogP contribution >= 0.6 is 11.8 Å². The summed E-state index contributed by atoms with van der Waals surface area (Å²) < 4.78 is 13.3. The molecule has 0 unspecified atom stereocenters. The number of amides is 3. The Morgan fingerprint density at radius 3 is 2.52 bits per heavy atom. The van der Waals surface area contributed by atoms with Crippen LogP contribution in [0.5, 0.6) is 0 Å². The lowest BCUT2D eigenvalue weighted by molar-refractivity contribution is -0.127. The van der Waals surface area contributed by atoms with E-state index in [9.17, 15) is 18.8 Å². The third-order valence-corrected chi connectivity index (χ3v) is 4.73. The van der Waals surface area contributed by atoms with E-state index in [2.05, 4.69) is 5.32 Å². The Bertz CT molecular complexity index is 951. The van der Waals surface area contributed by atoms with E-state index in [0.717, 1.165) is 27.8 Å². The highest BCUT2D eigenvalue weighted by Crippen LogP contribution is 2.32. The van der Waals surface area contributed by atoms with Crippen LogP contribution in [0.15, 0.2) is 47.4 Å². The number of thioether (sulfide) groups is 1. The summed E-state index contributed by atoms with van der Waals surface area (Å²) in [6.45, 7) is 3.45. The van der Waals surface area contributed by atoms with Gasteiger partial charge >= 0.3 is 0 Å². The summed E-state index contributed by atoms with van der Waals surface area (Å²) in [7, 11) is 0. The summed E-state index contributed by atoms with van der Waals surface area (Å²) in [6.07, 6.45) is 1.44. The molecule has 0 aliphatic carbocycles. The Morgan fingerprint density at radius 1 is 1.15 bits per heavy atom. The number of hydrogen-bond donors (Lipinski definition) is 1. The van der Waals surface area contributed by atoms with Crippen LogP contribution in [0.2, 0.25) is 0 Å². The van der Waals surface area contributed by atoms with E-state index in [0.29, 0.717) is 11.3 Å². The zero-order valence-electron chi connectivity index (χ0n) is 14.8. The van der Waals surface area contributed by atoms with Crippen molar-refractivity contribution in [3.05, 3.63) is 69.9 Å². The lowest BCUT2D eigenvalue weighted by Gasteiger charge is -2.13. The molecule has 3 amide bonds. The molecule has 0 bridgehead atoms. The molecule has 138 valence electrons. The van der Waals surface area contributed by atoms with Gasteiger partial charge in [-0.15, -0.1) is 0 Å². The molecule has 3 rings (SSSR count). The van der Waals surface area contributed by atoms with Crippen molar-refractivity contribution in [2.45, 2.75) is 13.8 Å². The summed E-state index contributed by atoms with van der Waals surface area (Å²) in [4.78, 5) is 37.9. The van der Waals surface area contributed by atoms with Crippen LogP contribution < -0.4 is 5.32 Å². The van der Waals surface area contributed by atoms with Gasteiger partial charge in [-0.1, -0.05) is 18.2 Å². The standard InChI is InChI=1S/C20H17FN2O3S/c1-12-6-13(2)8-16(7-12)22-18(24)11-23-19(25)17(27-20(23)26)10-14-4-3-5-15(21)9-14/h3-10H,11H2,1-2H3,(H,22,24)/b17-10+. The fraction of sp³-hybridized carbons (Fsp3) is 0.150. The molecule has 1 aliphatic rings. The first-order chi connectivity index (χ1) is 12.8. The van der Waals surface area contributed by atoms with Crippen LogP contribution in [0.3, 0.4) is 0 Å². The van der Waals surface area contributed by atoms with Crippen LogP contribution in [0.25, 0.3) is 6.08 Å². The van der Waals surface area contributed by atoms with Gasteiger partial charge in [-0.3, -0.25) is 19.3 Å². The SMILES string of the molecule is Cc1cc(C)cc(NC(=O)CN2C(=O)S/C(=C/c3cccc(F)c3)C2=O)c1. The molecule has 0 spiro atoms. The Hall–Kier alpha value is -2.93. The summed E-state index contributed by atoms with van der Waals surface area (Å²) in [5.74, 6) is -1.46. The van der Waals surface area contributed by atoms with Gasteiger partial charge in [0.2, 0.25) is 5.91 Å². The maximum Gasteiger partial charge on any atom is 0.294 e. The summed E-state index contributed by atoms with van der Waals surface area (Å²) >= 11 is 0.732. The number of carbonyl (C=O) groups excluding carboxylic acids is 3. The molecule has 1 fully saturated rings. The molecule has 7 heteroatoms. The Labute approximate surface area is 160 Å². The van der Waals surface area contributed by atoms with Crippen LogP contribution in [0, 0.1) is 19.7 Å². The first-order valence-electron chi connectivity index (χ1n) is 8.21. The lowest BCUT2D eigenvalue weighted by Crippen LogP contribution is -2.36. The number of anilines is 1. The van der Waals surface area contributed by atoms with Crippen LogP contribution in [-0.4, -0.2) is 28.5 Å². The molecule has 0 atom stereocenters. The normalized spacial score (nSPS) is 15.5. The Morgan fingerprint density at radius 2 is 1.85 bits per heavy atom. The number of nitrogens with zero attached hydrogens (tertiary/aromatic N) is 1. The fourth-order valence-corrected chi connectivity index (χ4v) is 3.61. The van der Waals surface area contributed by atoms with Gasteiger partial charge in [0.15, 0.2) is 0 Å². The molecule has 2 aromatic carbocycles. The second-order valence-corrected chi connectivity index (χ2v) is 7.24. The third-order valence-electron chi connectivity index (χ3n) is 3.83. The fourth-order valence-electron chi connectivity index (χ4n) is 2.78. The second-order valence-electron chi connectivity index (χ2n) is 6.25. The molecule has 0 radical (unpaired) electrons. The van der Waals surface area contributed by atoms with Crippen molar-refractivity contribution in [3.8, 4) is 0 Å². The van der Waals surface area contributed by atoms with Gasteiger partial charge in [0.25, 0.3) is 11.1 Å². The van der Waals surface area contributed by atoms with E-state index in [4.69, 9.17) is 0 Å². The number of carbonyl (C=O) groups is 3. The quantitative estimate of drug-likeness (QED) is 0.806. The minimum Gasteiger partial charge on any atom is -0.325 e. The lowest BCUT2D eigenvalue weighted by atomic mass is 10.1. The highest BCUT2D eigenvalue weighted by atomic mass is 32.2. The minimum atomic E-state index is -0.565. The molecule has 27 heavy (non-hydrogen) atoms. The van der Waals surface area contributed by atoms with E-state index in [1.165, 1.54) is 24.3 Å². The Balaban J connectivity index is 1.71. The van der Waals surface area contributed by atoms with Crippen molar-refractivity contribution in [1.82, 2.24) is 4.90 Å². The molecule has 0 saturated carbocycles. The van der Waals surface area contributed by atoms with Crippen molar-refractivity contribution in [3.63, 3.8) is 0 Å². The predicted molar refractivity (Wildman–Crippen MR) is 104 cm³/mol. The summed E-state index contributed by atoms with van der Waals surface area (Å²) in [5.41, 5.74) is 3.07. The van der Waals surface area contributed by atoms with E-state index >= 15 is 0 Å². The molecule has 1 N–H and O–H groups in total. The first kappa shape index (κ1) is 18.8. The molecule has 0 aromatic heterocycles.